The molecule has 0 aromatic heterocycles. The van der Waals surface area contributed by atoms with Crippen molar-refractivity contribution in [3.05, 3.63) is 29.8 Å². The van der Waals surface area contributed by atoms with Crippen LogP contribution in [-0.4, -0.2) is 36.7 Å². The summed E-state index contributed by atoms with van der Waals surface area (Å²) in [7, 11) is 0. The second-order valence-electron chi connectivity index (χ2n) is 7.16. The third-order valence-corrected chi connectivity index (χ3v) is 4.48. The Labute approximate surface area is 159 Å². The second-order valence-corrected chi connectivity index (χ2v) is 7.16. The summed E-state index contributed by atoms with van der Waals surface area (Å²) in [6, 6.07) is 5.97. The fraction of sp³-hybridized carbons (Fsp3) is 0.550. The fourth-order valence-electron chi connectivity index (χ4n) is 3.05. The molecule has 7 heteroatoms. The van der Waals surface area contributed by atoms with Crippen LogP contribution in [0, 0.1) is 5.92 Å². The van der Waals surface area contributed by atoms with Crippen molar-refractivity contribution in [3.8, 4) is 5.75 Å². The molecule has 0 radical (unpaired) electrons. The molecule has 0 saturated heterocycles. The zero-order valence-electron chi connectivity index (χ0n) is 16.1. The number of benzene rings is 1. The Balaban J connectivity index is 1.74. The van der Waals surface area contributed by atoms with Gasteiger partial charge in [0.2, 0.25) is 0 Å². The van der Waals surface area contributed by atoms with Crippen molar-refractivity contribution in [2.24, 2.45) is 5.92 Å². The highest BCUT2D eigenvalue weighted by Crippen LogP contribution is 2.23. The largest absolute Gasteiger partial charge is 0.491 e. The molecular formula is C20H28N2O5. The normalized spacial score (nSPS) is 19.3. The Morgan fingerprint density at radius 3 is 2.41 bits per heavy atom. The standard InChI is InChI=1S/C20H28N2O5/c1-13(2)27-16-10-8-15(9-11-16)19(24)26-12-18(23)22-20(25)21-17-7-5-4-6-14(17)3/h8-11,13-14,17H,4-7,12H2,1-3H3,(H2,21,22,23,25)/t14-,17-/m0/s1. The zero-order chi connectivity index (χ0) is 19.8. The van der Waals surface area contributed by atoms with Gasteiger partial charge in [0.1, 0.15) is 5.75 Å². The minimum Gasteiger partial charge on any atom is -0.491 e. The van der Waals surface area contributed by atoms with E-state index in [0.29, 0.717) is 17.2 Å². The molecule has 0 aliphatic heterocycles. The summed E-state index contributed by atoms with van der Waals surface area (Å²) in [4.78, 5) is 35.7. The predicted molar refractivity (Wildman–Crippen MR) is 101 cm³/mol. The van der Waals surface area contributed by atoms with Crippen molar-refractivity contribution in [2.75, 3.05) is 6.61 Å². The molecular weight excluding hydrogens is 348 g/mol. The van der Waals surface area contributed by atoms with Crippen LogP contribution in [0.5, 0.6) is 5.75 Å². The Hall–Kier alpha value is -2.57. The lowest BCUT2D eigenvalue weighted by Gasteiger charge is -2.29. The van der Waals surface area contributed by atoms with Gasteiger partial charge in [-0.05, 0) is 56.9 Å². The van der Waals surface area contributed by atoms with Crippen LogP contribution >= 0.6 is 0 Å². The van der Waals surface area contributed by atoms with Gasteiger partial charge >= 0.3 is 12.0 Å². The third kappa shape index (κ3) is 6.92. The van der Waals surface area contributed by atoms with Crippen LogP contribution in [0.15, 0.2) is 24.3 Å². The van der Waals surface area contributed by atoms with E-state index < -0.39 is 24.5 Å². The van der Waals surface area contributed by atoms with Gasteiger partial charge in [0, 0.05) is 6.04 Å². The van der Waals surface area contributed by atoms with Crippen LogP contribution in [0.2, 0.25) is 0 Å². The molecule has 148 valence electrons. The van der Waals surface area contributed by atoms with E-state index in [0.717, 1.165) is 19.3 Å². The number of rotatable bonds is 6. The first kappa shape index (κ1) is 20.7. The number of imide groups is 1. The van der Waals surface area contributed by atoms with Crippen molar-refractivity contribution in [1.82, 2.24) is 10.6 Å². The molecule has 1 aliphatic rings. The number of esters is 1. The van der Waals surface area contributed by atoms with E-state index in [4.69, 9.17) is 9.47 Å². The van der Waals surface area contributed by atoms with Crippen molar-refractivity contribution < 1.29 is 23.9 Å². The van der Waals surface area contributed by atoms with Gasteiger partial charge in [-0.25, -0.2) is 9.59 Å². The van der Waals surface area contributed by atoms with Gasteiger partial charge in [0.05, 0.1) is 11.7 Å². The summed E-state index contributed by atoms with van der Waals surface area (Å²) in [5.74, 6) is -0.264. The Morgan fingerprint density at radius 2 is 1.78 bits per heavy atom. The first-order valence-electron chi connectivity index (χ1n) is 9.39. The van der Waals surface area contributed by atoms with Crippen LogP contribution in [0.4, 0.5) is 4.79 Å². The number of amides is 3. The number of carbonyl (C=O) groups is 3. The molecule has 0 spiro atoms. The van der Waals surface area contributed by atoms with E-state index in [9.17, 15) is 14.4 Å². The van der Waals surface area contributed by atoms with Crippen molar-refractivity contribution in [3.63, 3.8) is 0 Å². The number of carbonyl (C=O) groups excluding carboxylic acids is 3. The quantitative estimate of drug-likeness (QED) is 0.744. The summed E-state index contributed by atoms with van der Waals surface area (Å²) < 4.78 is 10.5. The van der Waals surface area contributed by atoms with Crippen molar-refractivity contribution in [1.29, 1.82) is 0 Å². The molecule has 1 saturated carbocycles. The minimum absolute atomic E-state index is 0.0363. The van der Waals surface area contributed by atoms with Crippen molar-refractivity contribution >= 4 is 17.9 Å². The van der Waals surface area contributed by atoms with E-state index in [2.05, 4.69) is 17.6 Å². The predicted octanol–water partition coefficient (Wildman–Crippen LogP) is 3.04. The van der Waals surface area contributed by atoms with E-state index in [1.54, 1.807) is 24.3 Å². The number of ether oxygens (including phenoxy) is 2. The fourth-order valence-corrected chi connectivity index (χ4v) is 3.05. The molecule has 1 aromatic rings. The summed E-state index contributed by atoms with van der Waals surface area (Å²) in [6.07, 6.45) is 4.25. The molecule has 27 heavy (non-hydrogen) atoms. The lowest BCUT2D eigenvalue weighted by Crippen LogP contribution is -2.48. The van der Waals surface area contributed by atoms with E-state index in [-0.39, 0.29) is 12.1 Å². The van der Waals surface area contributed by atoms with Gasteiger partial charge in [-0.1, -0.05) is 19.8 Å². The highest BCUT2D eigenvalue weighted by atomic mass is 16.5. The van der Waals surface area contributed by atoms with Crippen LogP contribution in [0.25, 0.3) is 0 Å². The Kier molecular flexibility index (Phi) is 7.64. The third-order valence-electron chi connectivity index (χ3n) is 4.48. The summed E-state index contributed by atoms with van der Waals surface area (Å²) in [6.45, 7) is 5.39. The van der Waals surface area contributed by atoms with Crippen LogP contribution in [0.3, 0.4) is 0 Å². The highest BCUT2D eigenvalue weighted by molar-refractivity contribution is 5.97. The number of nitrogens with one attached hydrogen (secondary N) is 2. The average Bonchev–Trinajstić information content (AvgIpc) is 2.61. The first-order valence-corrected chi connectivity index (χ1v) is 9.39. The molecule has 2 N–H and O–H groups in total. The molecule has 7 nitrogen and oxygen atoms in total. The Bertz CT molecular complexity index is 657. The molecule has 0 bridgehead atoms. The monoisotopic (exact) mass is 376 g/mol. The summed E-state index contributed by atoms with van der Waals surface area (Å²) >= 11 is 0. The van der Waals surface area contributed by atoms with Crippen LogP contribution in [-0.2, 0) is 9.53 Å². The van der Waals surface area contributed by atoms with E-state index >= 15 is 0 Å². The average molecular weight is 376 g/mol. The van der Waals surface area contributed by atoms with Gasteiger partial charge in [-0.3, -0.25) is 10.1 Å². The van der Waals surface area contributed by atoms with E-state index in [1.807, 2.05) is 13.8 Å². The SMILES string of the molecule is CC(C)Oc1ccc(C(=O)OCC(=O)NC(=O)N[C@H]2CCCC[C@@H]2C)cc1. The zero-order valence-corrected chi connectivity index (χ0v) is 16.1. The van der Waals surface area contributed by atoms with Gasteiger partial charge in [0.25, 0.3) is 5.91 Å². The molecule has 2 atom stereocenters. The first-order chi connectivity index (χ1) is 12.8. The molecule has 0 unspecified atom stereocenters. The lowest BCUT2D eigenvalue weighted by molar-refractivity contribution is -0.123. The Morgan fingerprint density at radius 1 is 1.11 bits per heavy atom. The lowest BCUT2D eigenvalue weighted by atomic mass is 9.86. The number of urea groups is 1. The highest BCUT2D eigenvalue weighted by Gasteiger charge is 2.23. The maximum Gasteiger partial charge on any atom is 0.338 e. The second kappa shape index (κ2) is 9.94. The van der Waals surface area contributed by atoms with Crippen molar-refractivity contribution in [2.45, 2.75) is 58.6 Å². The molecule has 1 fully saturated rings. The minimum atomic E-state index is -0.663. The molecule has 1 aromatic carbocycles. The molecule has 3 amide bonds. The van der Waals surface area contributed by atoms with Gasteiger partial charge in [-0.15, -0.1) is 0 Å². The summed E-state index contributed by atoms with van der Waals surface area (Å²) in [5.41, 5.74) is 0.305. The molecule has 2 rings (SSSR count). The van der Waals surface area contributed by atoms with E-state index in [1.165, 1.54) is 6.42 Å². The maximum atomic E-state index is 12.0. The van der Waals surface area contributed by atoms with Crippen LogP contribution in [0.1, 0.15) is 56.8 Å². The number of hydrogen-bond acceptors (Lipinski definition) is 5. The van der Waals surface area contributed by atoms with Gasteiger partial charge in [-0.2, -0.15) is 0 Å². The maximum absolute atomic E-state index is 12.0. The summed E-state index contributed by atoms with van der Waals surface area (Å²) in [5, 5.41) is 5.01. The molecule has 0 heterocycles. The topological polar surface area (TPSA) is 93.7 Å². The molecule has 1 aliphatic carbocycles. The van der Waals surface area contributed by atoms with Crippen LogP contribution < -0.4 is 15.4 Å². The smallest absolute Gasteiger partial charge is 0.338 e. The number of hydrogen-bond donors (Lipinski definition) is 2. The van der Waals surface area contributed by atoms with Gasteiger partial charge in [0.15, 0.2) is 6.61 Å². The van der Waals surface area contributed by atoms with Gasteiger partial charge < -0.3 is 14.8 Å².